The molecule has 1 aromatic carbocycles. The van der Waals surface area contributed by atoms with Gasteiger partial charge in [-0.2, -0.15) is 0 Å². The van der Waals surface area contributed by atoms with E-state index < -0.39 is 17.8 Å². The SMILES string of the molecule is COc1cc(CC(N)C(=O)O)c(F)cc1Cl. The molecule has 0 spiro atoms. The normalized spacial score (nSPS) is 12.2. The van der Waals surface area contributed by atoms with Gasteiger partial charge in [-0.15, -0.1) is 0 Å². The highest BCUT2D eigenvalue weighted by atomic mass is 35.5. The molecule has 0 saturated carbocycles. The molecule has 0 fully saturated rings. The third-order valence-corrected chi connectivity index (χ3v) is 2.37. The molecule has 0 saturated heterocycles. The van der Waals surface area contributed by atoms with Crippen LogP contribution in [0, 0.1) is 5.82 Å². The summed E-state index contributed by atoms with van der Waals surface area (Å²) in [6.07, 6.45) is -0.116. The molecule has 88 valence electrons. The average Bonchev–Trinajstić information content (AvgIpc) is 2.21. The van der Waals surface area contributed by atoms with Crippen LogP contribution in [0.4, 0.5) is 4.39 Å². The highest BCUT2D eigenvalue weighted by molar-refractivity contribution is 6.32. The first-order valence-corrected chi connectivity index (χ1v) is 4.83. The lowest BCUT2D eigenvalue weighted by Crippen LogP contribution is -2.32. The Morgan fingerprint density at radius 3 is 2.81 bits per heavy atom. The van der Waals surface area contributed by atoms with E-state index in [0.29, 0.717) is 0 Å². The molecule has 0 amide bonds. The summed E-state index contributed by atoms with van der Waals surface area (Å²) >= 11 is 5.69. The summed E-state index contributed by atoms with van der Waals surface area (Å²) in [5, 5.41) is 8.74. The summed E-state index contributed by atoms with van der Waals surface area (Å²) in [5.74, 6) is -1.49. The quantitative estimate of drug-likeness (QED) is 0.845. The van der Waals surface area contributed by atoms with Gasteiger partial charge >= 0.3 is 5.97 Å². The van der Waals surface area contributed by atoms with Gasteiger partial charge in [0.1, 0.15) is 17.6 Å². The van der Waals surface area contributed by atoms with Crippen LogP contribution >= 0.6 is 11.6 Å². The van der Waals surface area contributed by atoms with Crippen LogP contribution in [-0.4, -0.2) is 24.2 Å². The highest BCUT2D eigenvalue weighted by Gasteiger charge is 2.16. The van der Waals surface area contributed by atoms with Crippen LogP contribution in [0.2, 0.25) is 5.02 Å². The van der Waals surface area contributed by atoms with Gasteiger partial charge in [0.05, 0.1) is 12.1 Å². The number of methoxy groups -OCH3 is 1. The Hall–Kier alpha value is -1.33. The molecule has 3 N–H and O–H groups in total. The largest absolute Gasteiger partial charge is 0.495 e. The fraction of sp³-hybridized carbons (Fsp3) is 0.300. The molecule has 6 heteroatoms. The first-order valence-electron chi connectivity index (χ1n) is 4.46. The molecule has 1 atom stereocenters. The van der Waals surface area contributed by atoms with Crippen LogP contribution in [-0.2, 0) is 11.2 Å². The molecular formula is C10H11ClFNO3. The Morgan fingerprint density at radius 2 is 2.31 bits per heavy atom. The second-order valence-corrected chi connectivity index (χ2v) is 3.63. The van der Waals surface area contributed by atoms with E-state index in [4.69, 9.17) is 27.2 Å². The molecule has 0 aliphatic heterocycles. The molecule has 0 bridgehead atoms. The lowest BCUT2D eigenvalue weighted by molar-refractivity contribution is -0.138. The zero-order valence-electron chi connectivity index (χ0n) is 8.54. The number of hydrogen-bond acceptors (Lipinski definition) is 3. The van der Waals surface area contributed by atoms with Crippen molar-refractivity contribution in [2.75, 3.05) is 7.11 Å². The predicted molar refractivity (Wildman–Crippen MR) is 57.3 cm³/mol. The van der Waals surface area contributed by atoms with Crippen LogP contribution in [0.1, 0.15) is 5.56 Å². The maximum absolute atomic E-state index is 13.4. The first-order chi connectivity index (χ1) is 7.45. The number of ether oxygens (including phenoxy) is 1. The van der Waals surface area contributed by atoms with Crippen molar-refractivity contribution in [3.05, 3.63) is 28.5 Å². The number of carbonyl (C=O) groups is 1. The predicted octanol–water partition coefficient (Wildman–Crippen LogP) is 1.44. The Kier molecular flexibility index (Phi) is 4.09. The molecule has 0 heterocycles. The molecular weight excluding hydrogens is 237 g/mol. The molecule has 1 rings (SSSR count). The summed E-state index contributed by atoms with van der Waals surface area (Å²) in [7, 11) is 1.39. The summed E-state index contributed by atoms with van der Waals surface area (Å²) in [5.41, 5.74) is 5.47. The maximum Gasteiger partial charge on any atom is 0.320 e. The Bertz CT molecular complexity index is 411. The van der Waals surface area contributed by atoms with Gasteiger partial charge in [0.15, 0.2) is 0 Å². The third-order valence-electron chi connectivity index (χ3n) is 2.08. The summed E-state index contributed by atoms with van der Waals surface area (Å²) in [6.45, 7) is 0. The monoisotopic (exact) mass is 247 g/mol. The van der Waals surface area contributed by atoms with E-state index in [9.17, 15) is 9.18 Å². The van der Waals surface area contributed by atoms with E-state index in [0.717, 1.165) is 6.07 Å². The van der Waals surface area contributed by atoms with E-state index in [1.807, 2.05) is 0 Å². The molecule has 1 unspecified atom stereocenters. The zero-order chi connectivity index (χ0) is 12.3. The van der Waals surface area contributed by atoms with Gasteiger partial charge in [0.25, 0.3) is 0 Å². The van der Waals surface area contributed by atoms with E-state index >= 15 is 0 Å². The molecule has 0 aromatic heterocycles. The third kappa shape index (κ3) is 2.84. The minimum Gasteiger partial charge on any atom is -0.495 e. The smallest absolute Gasteiger partial charge is 0.320 e. The van der Waals surface area contributed by atoms with Crippen molar-refractivity contribution < 1.29 is 19.0 Å². The number of aliphatic carboxylic acids is 1. The van der Waals surface area contributed by atoms with Crippen molar-refractivity contribution in [2.24, 2.45) is 5.73 Å². The Morgan fingerprint density at radius 1 is 1.69 bits per heavy atom. The zero-order valence-corrected chi connectivity index (χ0v) is 9.29. The van der Waals surface area contributed by atoms with Crippen LogP contribution < -0.4 is 10.5 Å². The number of halogens is 2. The number of benzene rings is 1. The van der Waals surface area contributed by atoms with Crippen LogP contribution in [0.25, 0.3) is 0 Å². The second-order valence-electron chi connectivity index (χ2n) is 3.23. The summed E-state index contributed by atoms with van der Waals surface area (Å²) < 4.78 is 18.3. The Balaban J connectivity index is 3.00. The van der Waals surface area contributed by atoms with Gasteiger partial charge in [0, 0.05) is 6.42 Å². The van der Waals surface area contributed by atoms with E-state index in [1.165, 1.54) is 13.2 Å². The van der Waals surface area contributed by atoms with E-state index in [2.05, 4.69) is 0 Å². The van der Waals surface area contributed by atoms with Crippen molar-refractivity contribution >= 4 is 17.6 Å². The second kappa shape index (κ2) is 5.14. The fourth-order valence-electron chi connectivity index (χ4n) is 1.21. The standard InChI is InChI=1S/C10H11ClFNO3/c1-16-9-3-5(2-8(13)10(14)15)7(12)4-6(9)11/h3-4,8H,2,13H2,1H3,(H,14,15). The van der Waals surface area contributed by atoms with Gasteiger partial charge in [-0.05, 0) is 17.7 Å². The topological polar surface area (TPSA) is 72.5 Å². The molecule has 1 aromatic rings. The molecule has 0 radical (unpaired) electrons. The van der Waals surface area contributed by atoms with Gasteiger partial charge in [-0.3, -0.25) is 4.79 Å². The van der Waals surface area contributed by atoms with Crippen LogP contribution in [0.5, 0.6) is 5.75 Å². The van der Waals surface area contributed by atoms with Crippen molar-refractivity contribution in [3.8, 4) is 5.75 Å². The number of nitrogens with two attached hydrogens (primary N) is 1. The van der Waals surface area contributed by atoms with Gasteiger partial charge < -0.3 is 15.6 Å². The van der Waals surface area contributed by atoms with Crippen molar-refractivity contribution in [1.82, 2.24) is 0 Å². The lowest BCUT2D eigenvalue weighted by Gasteiger charge is -2.10. The number of hydrogen-bond donors (Lipinski definition) is 2. The van der Waals surface area contributed by atoms with Crippen molar-refractivity contribution in [2.45, 2.75) is 12.5 Å². The lowest BCUT2D eigenvalue weighted by atomic mass is 10.1. The molecule has 0 aliphatic carbocycles. The Labute approximate surface area is 96.8 Å². The summed E-state index contributed by atoms with van der Waals surface area (Å²) in [6, 6.07) is 1.27. The van der Waals surface area contributed by atoms with Crippen molar-refractivity contribution in [1.29, 1.82) is 0 Å². The first kappa shape index (κ1) is 12.7. The average molecular weight is 248 g/mol. The highest BCUT2D eigenvalue weighted by Crippen LogP contribution is 2.27. The fourth-order valence-corrected chi connectivity index (χ4v) is 1.44. The summed E-state index contributed by atoms with van der Waals surface area (Å²) in [4.78, 5) is 10.5. The maximum atomic E-state index is 13.4. The molecule has 16 heavy (non-hydrogen) atoms. The minimum absolute atomic E-state index is 0.116. The number of carboxylic acids is 1. The number of carboxylic acid groups (broad SMARTS) is 1. The van der Waals surface area contributed by atoms with E-state index in [1.54, 1.807) is 0 Å². The minimum atomic E-state index is -1.19. The van der Waals surface area contributed by atoms with Gasteiger partial charge in [0.2, 0.25) is 0 Å². The molecule has 4 nitrogen and oxygen atoms in total. The van der Waals surface area contributed by atoms with Crippen LogP contribution in [0.3, 0.4) is 0 Å². The molecule has 0 aliphatic rings. The van der Waals surface area contributed by atoms with Crippen LogP contribution in [0.15, 0.2) is 12.1 Å². The van der Waals surface area contributed by atoms with Gasteiger partial charge in [-0.1, -0.05) is 11.6 Å². The van der Waals surface area contributed by atoms with Gasteiger partial charge in [-0.25, -0.2) is 4.39 Å². The van der Waals surface area contributed by atoms with Crippen molar-refractivity contribution in [3.63, 3.8) is 0 Å². The van der Waals surface area contributed by atoms with E-state index in [-0.39, 0.29) is 22.8 Å². The number of rotatable bonds is 4.